The lowest BCUT2D eigenvalue weighted by molar-refractivity contribution is -0.117. The second-order valence-electron chi connectivity index (χ2n) is 6.87. The summed E-state index contributed by atoms with van der Waals surface area (Å²) >= 11 is 0. The molecule has 0 aliphatic heterocycles. The first-order chi connectivity index (χ1) is 13.1. The van der Waals surface area contributed by atoms with Gasteiger partial charge in [0, 0.05) is 13.1 Å². The molecule has 1 saturated carbocycles. The van der Waals surface area contributed by atoms with Crippen molar-refractivity contribution in [3.05, 3.63) is 60.2 Å². The molecule has 2 aromatic carbocycles. The number of hydrogen-bond acceptors (Lipinski definition) is 3. The van der Waals surface area contributed by atoms with Gasteiger partial charge in [-0.1, -0.05) is 48.9 Å². The Bertz CT molecular complexity index is 736. The molecular weight excluding hydrogens is 350 g/mol. The maximum atomic E-state index is 12.5. The summed E-state index contributed by atoms with van der Waals surface area (Å²) < 4.78 is 29.5. The molecule has 2 aromatic rings. The first-order valence-electron chi connectivity index (χ1n) is 9.20. The van der Waals surface area contributed by atoms with Crippen LogP contribution in [0.4, 0.5) is 14.5 Å². The van der Waals surface area contributed by atoms with Gasteiger partial charge in [-0.25, -0.2) is 0 Å². The van der Waals surface area contributed by atoms with Crippen LogP contribution in [0.5, 0.6) is 5.75 Å². The molecule has 144 valence electrons. The summed E-state index contributed by atoms with van der Waals surface area (Å²) in [7, 11) is 0. The second-order valence-corrected chi connectivity index (χ2v) is 6.87. The third-order valence-electron chi connectivity index (χ3n) is 4.73. The van der Waals surface area contributed by atoms with E-state index in [0.29, 0.717) is 12.5 Å². The van der Waals surface area contributed by atoms with E-state index in [1.807, 2.05) is 30.3 Å². The summed E-state index contributed by atoms with van der Waals surface area (Å²) in [4.78, 5) is 14.7. The van der Waals surface area contributed by atoms with Crippen LogP contribution < -0.4 is 10.1 Å². The maximum absolute atomic E-state index is 12.5. The van der Waals surface area contributed by atoms with Gasteiger partial charge in [0.1, 0.15) is 5.75 Å². The molecule has 1 aliphatic carbocycles. The molecule has 0 unspecified atom stereocenters. The predicted octanol–water partition coefficient (Wildman–Crippen LogP) is 4.53. The van der Waals surface area contributed by atoms with E-state index in [9.17, 15) is 13.6 Å². The minimum absolute atomic E-state index is 0.0329. The van der Waals surface area contributed by atoms with Crippen molar-refractivity contribution in [1.29, 1.82) is 0 Å². The molecule has 1 amide bonds. The quantitative estimate of drug-likeness (QED) is 0.701. The standard InChI is InChI=1S/C21H24F2N2O2/c22-21(23)27-19-12-5-4-11-18(19)24-20(26)15-25(14-17-9-6-10-17)13-16-7-2-1-3-8-16/h1-5,7-8,11-12,17,21H,6,9-10,13-15H2,(H,24,26). The molecular formula is C21H24F2N2O2. The Morgan fingerprint density at radius 2 is 1.81 bits per heavy atom. The normalized spacial score (nSPS) is 14.2. The fourth-order valence-corrected chi connectivity index (χ4v) is 3.23. The molecule has 0 saturated heterocycles. The molecule has 0 radical (unpaired) electrons. The van der Waals surface area contributed by atoms with E-state index in [1.54, 1.807) is 18.2 Å². The lowest BCUT2D eigenvalue weighted by atomic mass is 9.85. The summed E-state index contributed by atoms with van der Waals surface area (Å²) in [5.74, 6) is 0.348. The number of halogens is 2. The average Bonchev–Trinajstić information content (AvgIpc) is 2.60. The highest BCUT2D eigenvalue weighted by atomic mass is 19.3. The number of nitrogens with zero attached hydrogens (tertiary/aromatic N) is 1. The molecule has 0 bridgehead atoms. The smallest absolute Gasteiger partial charge is 0.387 e. The molecule has 3 rings (SSSR count). The maximum Gasteiger partial charge on any atom is 0.387 e. The molecule has 0 heterocycles. The molecule has 1 N–H and O–H groups in total. The lowest BCUT2D eigenvalue weighted by Crippen LogP contribution is -2.38. The SMILES string of the molecule is O=C(CN(Cc1ccccc1)CC1CCC1)Nc1ccccc1OC(F)F. The Labute approximate surface area is 158 Å². The van der Waals surface area contributed by atoms with Crippen molar-refractivity contribution in [2.24, 2.45) is 5.92 Å². The number of amides is 1. The van der Waals surface area contributed by atoms with E-state index in [0.717, 1.165) is 12.1 Å². The Kier molecular flexibility index (Phi) is 6.76. The number of hydrogen-bond donors (Lipinski definition) is 1. The van der Waals surface area contributed by atoms with Crippen LogP contribution in [0.25, 0.3) is 0 Å². The minimum atomic E-state index is -2.93. The first kappa shape index (κ1) is 19.3. The van der Waals surface area contributed by atoms with Crippen LogP contribution in [-0.4, -0.2) is 30.5 Å². The van der Waals surface area contributed by atoms with Crippen molar-refractivity contribution in [3.8, 4) is 5.75 Å². The first-order valence-corrected chi connectivity index (χ1v) is 9.20. The molecule has 6 heteroatoms. The zero-order valence-corrected chi connectivity index (χ0v) is 15.1. The molecule has 0 spiro atoms. The van der Waals surface area contributed by atoms with Gasteiger partial charge in [-0.2, -0.15) is 8.78 Å². The van der Waals surface area contributed by atoms with Crippen LogP contribution in [0, 0.1) is 5.92 Å². The van der Waals surface area contributed by atoms with Crippen LogP contribution in [0.1, 0.15) is 24.8 Å². The number of rotatable bonds is 9. The molecule has 4 nitrogen and oxygen atoms in total. The van der Waals surface area contributed by atoms with Gasteiger partial charge in [0.15, 0.2) is 0 Å². The van der Waals surface area contributed by atoms with E-state index < -0.39 is 6.61 Å². The molecule has 27 heavy (non-hydrogen) atoms. The molecule has 0 aromatic heterocycles. The van der Waals surface area contributed by atoms with E-state index in [1.165, 1.54) is 25.3 Å². The van der Waals surface area contributed by atoms with Gasteiger partial charge in [-0.3, -0.25) is 9.69 Å². The Morgan fingerprint density at radius 3 is 2.48 bits per heavy atom. The van der Waals surface area contributed by atoms with Crippen LogP contribution in [0.3, 0.4) is 0 Å². The van der Waals surface area contributed by atoms with Gasteiger partial charge in [0.2, 0.25) is 5.91 Å². The third-order valence-corrected chi connectivity index (χ3v) is 4.73. The van der Waals surface area contributed by atoms with Crippen molar-refractivity contribution in [1.82, 2.24) is 4.90 Å². The highest BCUT2D eigenvalue weighted by Gasteiger charge is 2.22. The molecule has 0 atom stereocenters. The van der Waals surface area contributed by atoms with E-state index in [-0.39, 0.29) is 23.9 Å². The summed E-state index contributed by atoms with van der Waals surface area (Å²) in [5.41, 5.74) is 1.40. The highest BCUT2D eigenvalue weighted by Crippen LogP contribution is 2.28. The largest absolute Gasteiger partial charge is 0.433 e. The zero-order chi connectivity index (χ0) is 19.1. The number of para-hydroxylation sites is 2. The lowest BCUT2D eigenvalue weighted by Gasteiger charge is -2.32. The minimum Gasteiger partial charge on any atom is -0.433 e. The van der Waals surface area contributed by atoms with Crippen LogP contribution in [0.15, 0.2) is 54.6 Å². The van der Waals surface area contributed by atoms with E-state index in [4.69, 9.17) is 0 Å². The third kappa shape index (κ3) is 6.03. The molecule has 1 fully saturated rings. The Hall–Kier alpha value is -2.47. The van der Waals surface area contributed by atoms with Gasteiger partial charge < -0.3 is 10.1 Å². The van der Waals surface area contributed by atoms with Crippen LogP contribution in [-0.2, 0) is 11.3 Å². The summed E-state index contributed by atoms with van der Waals surface area (Å²) in [5, 5.41) is 2.70. The number of alkyl halides is 2. The highest BCUT2D eigenvalue weighted by molar-refractivity contribution is 5.93. The number of nitrogens with one attached hydrogen (secondary N) is 1. The number of anilines is 1. The van der Waals surface area contributed by atoms with Crippen LogP contribution >= 0.6 is 0 Å². The van der Waals surface area contributed by atoms with Gasteiger partial charge in [0.05, 0.1) is 12.2 Å². The second kappa shape index (κ2) is 9.46. The monoisotopic (exact) mass is 374 g/mol. The van der Waals surface area contributed by atoms with Gasteiger partial charge in [0.25, 0.3) is 0 Å². The Balaban J connectivity index is 1.63. The fraction of sp³-hybridized carbons (Fsp3) is 0.381. The van der Waals surface area contributed by atoms with Crippen molar-refractivity contribution >= 4 is 11.6 Å². The van der Waals surface area contributed by atoms with Crippen molar-refractivity contribution in [3.63, 3.8) is 0 Å². The summed E-state index contributed by atoms with van der Waals surface area (Å²) in [6.45, 7) is -1.19. The van der Waals surface area contributed by atoms with Crippen molar-refractivity contribution in [2.45, 2.75) is 32.4 Å². The van der Waals surface area contributed by atoms with E-state index >= 15 is 0 Å². The topological polar surface area (TPSA) is 41.6 Å². The summed E-state index contributed by atoms with van der Waals surface area (Å²) in [6.07, 6.45) is 3.63. The van der Waals surface area contributed by atoms with Gasteiger partial charge >= 0.3 is 6.61 Å². The number of benzene rings is 2. The fourth-order valence-electron chi connectivity index (χ4n) is 3.23. The number of ether oxygens (including phenoxy) is 1. The number of carbonyl (C=O) groups excluding carboxylic acids is 1. The van der Waals surface area contributed by atoms with Gasteiger partial charge in [-0.05, 0) is 36.5 Å². The number of carbonyl (C=O) groups is 1. The van der Waals surface area contributed by atoms with Crippen molar-refractivity contribution < 1.29 is 18.3 Å². The zero-order valence-electron chi connectivity index (χ0n) is 15.1. The Morgan fingerprint density at radius 1 is 1.11 bits per heavy atom. The van der Waals surface area contributed by atoms with Crippen molar-refractivity contribution in [2.75, 3.05) is 18.4 Å². The van der Waals surface area contributed by atoms with Gasteiger partial charge in [-0.15, -0.1) is 0 Å². The molecule has 1 aliphatic rings. The van der Waals surface area contributed by atoms with Crippen LogP contribution in [0.2, 0.25) is 0 Å². The van der Waals surface area contributed by atoms with E-state index in [2.05, 4.69) is 15.0 Å². The predicted molar refractivity (Wildman–Crippen MR) is 101 cm³/mol. The average molecular weight is 374 g/mol. The summed E-state index contributed by atoms with van der Waals surface area (Å²) in [6, 6.07) is 16.2.